The maximum Gasteiger partial charge on any atom is 0.255 e. The van der Waals surface area contributed by atoms with Crippen LogP contribution >= 0.6 is 0 Å². The summed E-state index contributed by atoms with van der Waals surface area (Å²) in [5.74, 6) is -0.330. The summed E-state index contributed by atoms with van der Waals surface area (Å²) in [4.78, 5) is 25.9. The molecule has 0 aliphatic carbocycles. The quantitative estimate of drug-likeness (QED) is 0.870. The summed E-state index contributed by atoms with van der Waals surface area (Å²) in [6.45, 7) is 2.18. The molecule has 2 aromatic carbocycles. The Bertz CT molecular complexity index is 998. The minimum Gasteiger partial charge on any atom is -0.322 e. The van der Waals surface area contributed by atoms with Crippen LogP contribution in [0.15, 0.2) is 47.4 Å². The van der Waals surface area contributed by atoms with E-state index < -0.39 is 10.0 Å². The van der Waals surface area contributed by atoms with Gasteiger partial charge in [0.2, 0.25) is 15.9 Å². The Morgan fingerprint density at radius 1 is 1.07 bits per heavy atom. The highest BCUT2D eigenvalue weighted by Crippen LogP contribution is 2.30. The normalized spacial score (nSPS) is 13.6. The van der Waals surface area contributed by atoms with E-state index in [0.29, 0.717) is 17.8 Å². The van der Waals surface area contributed by atoms with E-state index in [9.17, 15) is 18.0 Å². The number of hydrogen-bond donors (Lipinski definition) is 1. The standard InChI is InChI=1S/C19H21N3O4S/c1-13(23)22-11-10-15-12-16(6-9-18(15)22)20-19(24)14-4-7-17(8-5-14)27(25,26)21(2)3/h4-9,12H,10-11H2,1-3H3,(H,20,24). The third-order valence-corrected chi connectivity index (χ3v) is 6.34. The van der Waals surface area contributed by atoms with Gasteiger partial charge in [-0.1, -0.05) is 0 Å². The molecular formula is C19H21N3O4S. The van der Waals surface area contributed by atoms with E-state index in [1.807, 2.05) is 12.1 Å². The molecule has 0 fully saturated rings. The van der Waals surface area contributed by atoms with Gasteiger partial charge in [0.1, 0.15) is 0 Å². The van der Waals surface area contributed by atoms with Crippen LogP contribution in [0.1, 0.15) is 22.8 Å². The van der Waals surface area contributed by atoms with E-state index >= 15 is 0 Å². The lowest BCUT2D eigenvalue weighted by Crippen LogP contribution is -2.25. The highest BCUT2D eigenvalue weighted by Gasteiger charge is 2.22. The first-order chi connectivity index (χ1) is 12.7. The van der Waals surface area contributed by atoms with Crippen molar-refractivity contribution in [2.45, 2.75) is 18.2 Å². The van der Waals surface area contributed by atoms with Crippen LogP contribution in [0.5, 0.6) is 0 Å². The predicted octanol–water partition coefficient (Wildman–Crippen LogP) is 2.10. The van der Waals surface area contributed by atoms with Gasteiger partial charge in [-0.15, -0.1) is 0 Å². The van der Waals surface area contributed by atoms with Crippen molar-refractivity contribution in [2.24, 2.45) is 0 Å². The van der Waals surface area contributed by atoms with Crippen LogP contribution < -0.4 is 10.2 Å². The van der Waals surface area contributed by atoms with E-state index in [2.05, 4.69) is 5.32 Å². The molecule has 0 saturated carbocycles. The number of nitrogens with one attached hydrogen (secondary N) is 1. The molecule has 0 atom stereocenters. The molecule has 7 nitrogen and oxygen atoms in total. The SMILES string of the molecule is CC(=O)N1CCc2cc(NC(=O)c3ccc(S(=O)(=O)N(C)C)cc3)ccc21. The van der Waals surface area contributed by atoms with Crippen LogP contribution in [0.4, 0.5) is 11.4 Å². The minimum atomic E-state index is -3.53. The molecule has 3 rings (SSSR count). The number of carbonyl (C=O) groups excluding carboxylic acids is 2. The molecule has 1 N–H and O–H groups in total. The van der Waals surface area contributed by atoms with E-state index in [-0.39, 0.29) is 16.7 Å². The molecule has 0 spiro atoms. The molecule has 1 heterocycles. The van der Waals surface area contributed by atoms with E-state index in [0.717, 1.165) is 22.0 Å². The number of hydrogen-bond acceptors (Lipinski definition) is 4. The summed E-state index contributed by atoms with van der Waals surface area (Å²) >= 11 is 0. The van der Waals surface area contributed by atoms with Gasteiger partial charge in [0, 0.05) is 44.5 Å². The van der Waals surface area contributed by atoms with Gasteiger partial charge in [0.15, 0.2) is 0 Å². The highest BCUT2D eigenvalue weighted by atomic mass is 32.2. The number of anilines is 2. The molecule has 27 heavy (non-hydrogen) atoms. The lowest BCUT2D eigenvalue weighted by Gasteiger charge is -2.15. The van der Waals surface area contributed by atoms with Crippen molar-refractivity contribution in [3.63, 3.8) is 0 Å². The molecule has 0 saturated heterocycles. The highest BCUT2D eigenvalue weighted by molar-refractivity contribution is 7.89. The first-order valence-electron chi connectivity index (χ1n) is 8.45. The summed E-state index contributed by atoms with van der Waals surface area (Å²) in [7, 11) is -0.617. The molecule has 8 heteroatoms. The van der Waals surface area contributed by atoms with Crippen molar-refractivity contribution in [2.75, 3.05) is 30.9 Å². The summed E-state index contributed by atoms with van der Waals surface area (Å²) in [5.41, 5.74) is 2.88. The maximum absolute atomic E-state index is 12.4. The molecule has 0 aromatic heterocycles. The zero-order chi connectivity index (χ0) is 19.8. The van der Waals surface area contributed by atoms with Crippen molar-refractivity contribution in [3.8, 4) is 0 Å². The van der Waals surface area contributed by atoms with Crippen LogP contribution in [-0.4, -0.2) is 45.2 Å². The number of rotatable bonds is 4. The van der Waals surface area contributed by atoms with Gasteiger partial charge < -0.3 is 10.2 Å². The van der Waals surface area contributed by atoms with E-state index in [1.165, 1.54) is 45.3 Å². The Morgan fingerprint density at radius 3 is 2.33 bits per heavy atom. The topological polar surface area (TPSA) is 86.8 Å². The third-order valence-electron chi connectivity index (χ3n) is 4.51. The average molecular weight is 387 g/mol. The van der Waals surface area contributed by atoms with Crippen molar-refractivity contribution >= 4 is 33.2 Å². The first kappa shape index (κ1) is 19.1. The van der Waals surface area contributed by atoms with Crippen molar-refractivity contribution in [1.29, 1.82) is 0 Å². The van der Waals surface area contributed by atoms with Gasteiger partial charge in [-0.3, -0.25) is 9.59 Å². The van der Waals surface area contributed by atoms with E-state index in [1.54, 1.807) is 11.0 Å². The number of fused-ring (bicyclic) bond motifs is 1. The first-order valence-corrected chi connectivity index (χ1v) is 9.89. The fraction of sp³-hybridized carbons (Fsp3) is 0.263. The minimum absolute atomic E-state index is 0.00157. The number of sulfonamides is 1. The molecule has 0 unspecified atom stereocenters. The number of benzene rings is 2. The van der Waals surface area contributed by atoms with E-state index in [4.69, 9.17) is 0 Å². The number of nitrogens with zero attached hydrogens (tertiary/aromatic N) is 2. The van der Waals surface area contributed by atoms with Gasteiger partial charge in [0.25, 0.3) is 5.91 Å². The van der Waals surface area contributed by atoms with Crippen molar-refractivity contribution in [3.05, 3.63) is 53.6 Å². The van der Waals surface area contributed by atoms with Crippen LogP contribution in [0.2, 0.25) is 0 Å². The fourth-order valence-electron chi connectivity index (χ4n) is 3.00. The lowest BCUT2D eigenvalue weighted by atomic mass is 10.1. The third kappa shape index (κ3) is 3.72. The fourth-order valence-corrected chi connectivity index (χ4v) is 3.90. The molecule has 1 aliphatic rings. The second kappa shape index (κ2) is 7.13. The van der Waals surface area contributed by atoms with Crippen molar-refractivity contribution < 1.29 is 18.0 Å². The van der Waals surface area contributed by atoms with Crippen LogP contribution in [0.3, 0.4) is 0 Å². The van der Waals surface area contributed by atoms with Gasteiger partial charge >= 0.3 is 0 Å². The zero-order valence-corrected chi connectivity index (χ0v) is 16.2. The molecule has 0 bridgehead atoms. The van der Waals surface area contributed by atoms with Crippen LogP contribution in [0, 0.1) is 0 Å². The van der Waals surface area contributed by atoms with Gasteiger partial charge in [-0.25, -0.2) is 12.7 Å². The molecule has 0 radical (unpaired) electrons. The summed E-state index contributed by atoms with van der Waals surface area (Å²) < 4.78 is 25.3. The van der Waals surface area contributed by atoms with Gasteiger partial charge in [0.05, 0.1) is 4.90 Å². The molecule has 2 aromatic rings. The predicted molar refractivity (Wildman–Crippen MR) is 103 cm³/mol. The zero-order valence-electron chi connectivity index (χ0n) is 15.4. The Balaban J connectivity index is 1.76. The Morgan fingerprint density at radius 2 is 1.74 bits per heavy atom. The van der Waals surface area contributed by atoms with Crippen LogP contribution in [0.25, 0.3) is 0 Å². The van der Waals surface area contributed by atoms with Crippen LogP contribution in [-0.2, 0) is 21.2 Å². The molecule has 1 aliphatic heterocycles. The monoisotopic (exact) mass is 387 g/mol. The largest absolute Gasteiger partial charge is 0.322 e. The maximum atomic E-state index is 12.4. The molecule has 2 amide bonds. The summed E-state index contributed by atoms with van der Waals surface area (Å²) in [6.07, 6.45) is 0.746. The second-order valence-corrected chi connectivity index (χ2v) is 8.68. The van der Waals surface area contributed by atoms with Crippen molar-refractivity contribution in [1.82, 2.24) is 4.31 Å². The lowest BCUT2D eigenvalue weighted by molar-refractivity contribution is -0.116. The number of amides is 2. The Labute approximate surface area is 158 Å². The average Bonchev–Trinajstić information content (AvgIpc) is 3.05. The number of carbonyl (C=O) groups is 2. The summed E-state index contributed by atoms with van der Waals surface area (Å²) in [6, 6.07) is 11.2. The van der Waals surface area contributed by atoms with Gasteiger partial charge in [-0.2, -0.15) is 0 Å². The molecular weight excluding hydrogens is 366 g/mol. The smallest absolute Gasteiger partial charge is 0.255 e. The summed E-state index contributed by atoms with van der Waals surface area (Å²) in [5, 5.41) is 2.81. The Hall–Kier alpha value is -2.71. The molecule has 142 valence electrons. The van der Waals surface area contributed by atoms with Gasteiger partial charge in [-0.05, 0) is 54.4 Å². The Kier molecular flexibility index (Phi) is 5.03. The second-order valence-electron chi connectivity index (χ2n) is 6.53.